The van der Waals surface area contributed by atoms with E-state index >= 15 is 0 Å². The van der Waals surface area contributed by atoms with Crippen LogP contribution in [0.25, 0.3) is 0 Å². The molecule has 0 aromatic carbocycles. The van der Waals surface area contributed by atoms with E-state index in [4.69, 9.17) is 5.73 Å². The van der Waals surface area contributed by atoms with E-state index in [1.165, 1.54) is 12.8 Å². The highest BCUT2D eigenvalue weighted by atomic mass is 32.2. The third-order valence-electron chi connectivity index (χ3n) is 5.64. The molecule has 6 nitrogen and oxygen atoms in total. The first-order chi connectivity index (χ1) is 11.7. The fourth-order valence-electron chi connectivity index (χ4n) is 4.23. The molecule has 0 radical (unpaired) electrons. The minimum atomic E-state index is -0.0309. The third-order valence-corrected chi connectivity index (χ3v) is 7.15. The fraction of sp³-hybridized carbons (Fsp3) is 0.882. The highest BCUT2D eigenvalue weighted by molar-refractivity contribution is 8.00. The van der Waals surface area contributed by atoms with Crippen LogP contribution >= 0.6 is 11.8 Å². The third kappa shape index (κ3) is 4.36. The van der Waals surface area contributed by atoms with Crippen molar-refractivity contribution in [2.24, 2.45) is 11.7 Å². The zero-order valence-corrected chi connectivity index (χ0v) is 15.1. The van der Waals surface area contributed by atoms with E-state index in [0.29, 0.717) is 24.1 Å². The average molecular weight is 355 g/mol. The lowest BCUT2D eigenvalue weighted by atomic mass is 9.84. The molecule has 0 spiro atoms. The Labute approximate surface area is 148 Å². The molecule has 1 saturated carbocycles. The van der Waals surface area contributed by atoms with Crippen LogP contribution in [0, 0.1) is 5.92 Å². The highest BCUT2D eigenvalue weighted by Crippen LogP contribution is 2.33. The second-order valence-corrected chi connectivity index (χ2v) is 8.59. The molecule has 0 aromatic rings. The molecule has 2 aliphatic heterocycles. The van der Waals surface area contributed by atoms with Crippen molar-refractivity contribution < 1.29 is 9.59 Å². The Kier molecular flexibility index (Phi) is 6.27. The summed E-state index contributed by atoms with van der Waals surface area (Å²) in [5.74, 6) is 1.62. The Bertz CT molecular complexity index is 462. The van der Waals surface area contributed by atoms with Crippen LogP contribution in [0.1, 0.15) is 51.4 Å². The zero-order valence-electron chi connectivity index (χ0n) is 14.3. The van der Waals surface area contributed by atoms with Gasteiger partial charge in [0, 0.05) is 23.5 Å². The van der Waals surface area contributed by atoms with Crippen molar-refractivity contribution in [2.45, 2.75) is 74.7 Å². The number of thioether (sulfide) groups is 1. The van der Waals surface area contributed by atoms with Gasteiger partial charge < -0.3 is 21.7 Å². The predicted octanol–water partition coefficient (Wildman–Crippen LogP) is 1.35. The van der Waals surface area contributed by atoms with Gasteiger partial charge in [0.2, 0.25) is 5.91 Å². The minimum Gasteiger partial charge on any atom is -0.353 e. The summed E-state index contributed by atoms with van der Waals surface area (Å²) in [6.07, 6.45) is 8.27. The summed E-state index contributed by atoms with van der Waals surface area (Å²) in [6.45, 7) is 0.673. The molecule has 3 fully saturated rings. The van der Waals surface area contributed by atoms with E-state index in [-0.39, 0.29) is 30.1 Å². The van der Waals surface area contributed by atoms with Crippen LogP contribution in [0.15, 0.2) is 0 Å². The van der Waals surface area contributed by atoms with Gasteiger partial charge in [-0.3, -0.25) is 4.79 Å². The lowest BCUT2D eigenvalue weighted by Gasteiger charge is -2.31. The number of rotatable bonds is 7. The summed E-state index contributed by atoms with van der Waals surface area (Å²) < 4.78 is 0. The van der Waals surface area contributed by atoms with Crippen LogP contribution in [0.2, 0.25) is 0 Å². The van der Waals surface area contributed by atoms with Crippen molar-refractivity contribution in [2.75, 3.05) is 12.3 Å². The lowest BCUT2D eigenvalue weighted by molar-refractivity contribution is -0.122. The molecule has 24 heavy (non-hydrogen) atoms. The summed E-state index contributed by atoms with van der Waals surface area (Å²) in [6, 6.07) is 0.804. The Morgan fingerprint density at radius 1 is 1.25 bits per heavy atom. The van der Waals surface area contributed by atoms with E-state index < -0.39 is 0 Å². The molecule has 7 heteroatoms. The van der Waals surface area contributed by atoms with Gasteiger partial charge in [-0.05, 0) is 38.1 Å². The minimum absolute atomic E-state index is 0.0309. The van der Waals surface area contributed by atoms with E-state index in [1.807, 2.05) is 11.8 Å². The van der Waals surface area contributed by atoms with Gasteiger partial charge >= 0.3 is 6.03 Å². The molecule has 2 heterocycles. The van der Waals surface area contributed by atoms with Crippen molar-refractivity contribution in [3.8, 4) is 0 Å². The molecular formula is C17H30N4O2S. The molecule has 5 atom stereocenters. The van der Waals surface area contributed by atoms with Gasteiger partial charge in [0.1, 0.15) is 0 Å². The zero-order chi connectivity index (χ0) is 16.9. The monoisotopic (exact) mass is 354 g/mol. The van der Waals surface area contributed by atoms with Crippen LogP contribution in [0.5, 0.6) is 0 Å². The molecule has 2 saturated heterocycles. The van der Waals surface area contributed by atoms with Gasteiger partial charge in [0.15, 0.2) is 0 Å². The second-order valence-electron chi connectivity index (χ2n) is 7.32. The number of nitrogens with two attached hydrogens (primary N) is 1. The van der Waals surface area contributed by atoms with Crippen molar-refractivity contribution in [1.29, 1.82) is 0 Å². The molecule has 0 bridgehead atoms. The molecule has 3 rings (SSSR count). The number of carbonyl (C=O) groups excluding carboxylic acids is 2. The number of carbonyl (C=O) groups is 2. The Hall–Kier alpha value is -0.950. The molecular weight excluding hydrogens is 324 g/mol. The van der Waals surface area contributed by atoms with E-state index in [2.05, 4.69) is 16.0 Å². The van der Waals surface area contributed by atoms with Crippen molar-refractivity contribution in [3.05, 3.63) is 0 Å². The summed E-state index contributed by atoms with van der Waals surface area (Å²) in [5.41, 5.74) is 5.82. The normalized spacial score (nSPS) is 35.2. The SMILES string of the molecule is NCC1CCCCC1NC(=O)CCCC[C@@H]1SC[C@@H]2NC(=O)N[C@@H]21. The Morgan fingerprint density at radius 3 is 2.92 bits per heavy atom. The summed E-state index contributed by atoms with van der Waals surface area (Å²) in [4.78, 5) is 23.5. The van der Waals surface area contributed by atoms with Gasteiger partial charge in [-0.1, -0.05) is 19.3 Å². The number of nitrogens with one attached hydrogen (secondary N) is 3. The van der Waals surface area contributed by atoms with Crippen molar-refractivity contribution in [3.63, 3.8) is 0 Å². The molecule has 0 aromatic heterocycles. The number of fused-ring (bicyclic) bond motifs is 1. The maximum Gasteiger partial charge on any atom is 0.315 e. The fourth-order valence-corrected chi connectivity index (χ4v) is 5.78. The molecule has 3 amide bonds. The maximum atomic E-state index is 12.2. The van der Waals surface area contributed by atoms with Gasteiger partial charge in [0.05, 0.1) is 12.1 Å². The van der Waals surface area contributed by atoms with E-state index in [1.54, 1.807) is 0 Å². The Morgan fingerprint density at radius 2 is 2.08 bits per heavy atom. The number of hydrogen-bond donors (Lipinski definition) is 4. The number of amides is 3. The molecule has 3 aliphatic rings. The second kappa shape index (κ2) is 8.43. The number of urea groups is 1. The molecule has 1 aliphatic carbocycles. The topological polar surface area (TPSA) is 96.2 Å². The van der Waals surface area contributed by atoms with Gasteiger partial charge in [-0.15, -0.1) is 0 Å². The average Bonchev–Trinajstić information content (AvgIpc) is 3.11. The van der Waals surface area contributed by atoms with Crippen LogP contribution in [-0.2, 0) is 4.79 Å². The number of hydrogen-bond acceptors (Lipinski definition) is 4. The summed E-state index contributed by atoms with van der Waals surface area (Å²) in [5, 5.41) is 9.67. The summed E-state index contributed by atoms with van der Waals surface area (Å²) in [7, 11) is 0. The predicted molar refractivity (Wildman–Crippen MR) is 96.9 cm³/mol. The van der Waals surface area contributed by atoms with Crippen LogP contribution < -0.4 is 21.7 Å². The van der Waals surface area contributed by atoms with Crippen LogP contribution in [0.3, 0.4) is 0 Å². The molecule has 2 unspecified atom stereocenters. The summed E-state index contributed by atoms with van der Waals surface area (Å²) >= 11 is 1.94. The quantitative estimate of drug-likeness (QED) is 0.410. The molecule has 5 N–H and O–H groups in total. The Balaban J connectivity index is 1.32. The standard InChI is InChI=1S/C17H30N4O2S/c18-9-11-5-1-2-6-12(11)19-15(22)8-4-3-7-14-16-13(10-24-14)20-17(23)21-16/h11-14,16H,1-10,18H2,(H,19,22)(H2,20,21,23)/t11?,12?,13-,14-,16-/m0/s1. The van der Waals surface area contributed by atoms with E-state index in [0.717, 1.165) is 37.9 Å². The van der Waals surface area contributed by atoms with Gasteiger partial charge in [0.25, 0.3) is 0 Å². The lowest BCUT2D eigenvalue weighted by Crippen LogP contribution is -2.44. The first-order valence-electron chi connectivity index (χ1n) is 9.35. The van der Waals surface area contributed by atoms with E-state index in [9.17, 15) is 9.59 Å². The smallest absolute Gasteiger partial charge is 0.315 e. The van der Waals surface area contributed by atoms with Crippen molar-refractivity contribution in [1.82, 2.24) is 16.0 Å². The van der Waals surface area contributed by atoms with Crippen molar-refractivity contribution >= 4 is 23.7 Å². The van der Waals surface area contributed by atoms with Gasteiger partial charge in [-0.2, -0.15) is 11.8 Å². The molecule has 136 valence electrons. The highest BCUT2D eigenvalue weighted by Gasteiger charge is 2.42. The van der Waals surface area contributed by atoms with Crippen LogP contribution in [-0.4, -0.2) is 47.6 Å². The maximum absolute atomic E-state index is 12.2. The largest absolute Gasteiger partial charge is 0.353 e. The van der Waals surface area contributed by atoms with Gasteiger partial charge in [-0.25, -0.2) is 4.79 Å². The number of unbranched alkanes of at least 4 members (excludes halogenated alkanes) is 1. The first-order valence-corrected chi connectivity index (χ1v) is 10.4. The van der Waals surface area contributed by atoms with Crippen LogP contribution in [0.4, 0.5) is 4.79 Å². The first kappa shape index (κ1) is 17.9.